The van der Waals surface area contributed by atoms with Gasteiger partial charge in [0, 0.05) is 29.3 Å². The first-order valence-corrected chi connectivity index (χ1v) is 7.26. The maximum absolute atomic E-state index is 4.42. The quantitative estimate of drug-likeness (QED) is 0.758. The second kappa shape index (κ2) is 5.15. The van der Waals surface area contributed by atoms with E-state index in [0.29, 0.717) is 6.04 Å². The van der Waals surface area contributed by atoms with Crippen molar-refractivity contribution in [3.8, 4) is 0 Å². The molecule has 98 valence electrons. The monoisotopic (exact) mass is 271 g/mol. The maximum atomic E-state index is 4.42. The summed E-state index contributed by atoms with van der Waals surface area (Å²) in [4.78, 5) is 8.89. The zero-order chi connectivity index (χ0) is 13.2. The minimum Gasteiger partial charge on any atom is -0.361 e. The molecule has 0 fully saturated rings. The molecule has 4 heteroatoms. The van der Waals surface area contributed by atoms with Gasteiger partial charge in [0.25, 0.3) is 0 Å². The molecule has 0 saturated carbocycles. The van der Waals surface area contributed by atoms with Crippen LogP contribution >= 0.6 is 11.3 Å². The molecular weight excluding hydrogens is 254 g/mol. The van der Waals surface area contributed by atoms with E-state index in [4.69, 9.17) is 0 Å². The molecule has 2 N–H and O–H groups in total. The van der Waals surface area contributed by atoms with E-state index in [-0.39, 0.29) is 0 Å². The van der Waals surface area contributed by atoms with Gasteiger partial charge in [-0.15, -0.1) is 11.3 Å². The standard InChI is InChI=1S/C15H17N3S/c1-10-8-18-15(19-10)11(2)17-9-12-3-4-14-13(7-12)5-6-16-14/h3-8,11,16-17H,9H2,1-2H3. The van der Waals surface area contributed by atoms with Crippen LogP contribution in [0, 0.1) is 6.92 Å². The number of nitrogens with zero attached hydrogens (tertiary/aromatic N) is 1. The average Bonchev–Trinajstić information content (AvgIpc) is 3.03. The number of hydrogen-bond acceptors (Lipinski definition) is 3. The average molecular weight is 271 g/mol. The Balaban J connectivity index is 1.68. The van der Waals surface area contributed by atoms with Crippen LogP contribution in [0.5, 0.6) is 0 Å². The fraction of sp³-hybridized carbons (Fsp3) is 0.267. The fourth-order valence-corrected chi connectivity index (χ4v) is 2.94. The SMILES string of the molecule is Cc1cnc(C(C)NCc2ccc3[nH]ccc3c2)s1. The Hall–Kier alpha value is -1.65. The van der Waals surface area contributed by atoms with E-state index in [0.717, 1.165) is 11.6 Å². The second-order valence-electron chi connectivity index (χ2n) is 4.81. The van der Waals surface area contributed by atoms with E-state index in [1.807, 2.05) is 12.4 Å². The van der Waals surface area contributed by atoms with Crippen molar-refractivity contribution in [3.63, 3.8) is 0 Å². The van der Waals surface area contributed by atoms with Gasteiger partial charge in [0.05, 0.1) is 6.04 Å². The normalized spacial score (nSPS) is 12.9. The summed E-state index contributed by atoms with van der Waals surface area (Å²) in [5, 5.41) is 5.94. The molecule has 0 aliphatic carbocycles. The van der Waals surface area contributed by atoms with Crippen LogP contribution in [0.2, 0.25) is 0 Å². The van der Waals surface area contributed by atoms with Crippen LogP contribution in [0.1, 0.15) is 28.4 Å². The molecule has 0 amide bonds. The Kier molecular flexibility index (Phi) is 3.36. The van der Waals surface area contributed by atoms with Gasteiger partial charge in [-0.3, -0.25) is 0 Å². The lowest BCUT2D eigenvalue weighted by molar-refractivity contribution is 0.572. The number of aromatic amines is 1. The van der Waals surface area contributed by atoms with Crippen molar-refractivity contribution in [2.75, 3.05) is 0 Å². The molecule has 3 rings (SSSR count). The molecule has 0 aliphatic rings. The van der Waals surface area contributed by atoms with Gasteiger partial charge in [0.15, 0.2) is 0 Å². The summed E-state index contributed by atoms with van der Waals surface area (Å²) in [6.07, 6.45) is 3.91. The zero-order valence-electron chi connectivity index (χ0n) is 11.1. The third-order valence-electron chi connectivity index (χ3n) is 3.24. The Labute approximate surface area is 116 Å². The molecule has 2 heterocycles. The van der Waals surface area contributed by atoms with Crippen LogP contribution in [0.3, 0.4) is 0 Å². The first-order valence-electron chi connectivity index (χ1n) is 6.44. The van der Waals surface area contributed by atoms with Gasteiger partial charge in [-0.05, 0) is 43.0 Å². The molecule has 0 aliphatic heterocycles. The van der Waals surface area contributed by atoms with Crippen LogP contribution in [-0.4, -0.2) is 9.97 Å². The van der Waals surface area contributed by atoms with Gasteiger partial charge in [-0.25, -0.2) is 4.98 Å². The van der Waals surface area contributed by atoms with E-state index in [1.165, 1.54) is 21.3 Å². The molecule has 2 aromatic heterocycles. The Morgan fingerprint density at radius 3 is 3.05 bits per heavy atom. The van der Waals surface area contributed by atoms with Crippen molar-refractivity contribution < 1.29 is 0 Å². The fourth-order valence-electron chi connectivity index (χ4n) is 2.14. The number of benzene rings is 1. The molecular formula is C15H17N3S. The van der Waals surface area contributed by atoms with Crippen LogP contribution in [-0.2, 0) is 6.54 Å². The summed E-state index contributed by atoms with van der Waals surface area (Å²) in [6.45, 7) is 5.11. The summed E-state index contributed by atoms with van der Waals surface area (Å²) < 4.78 is 0. The van der Waals surface area contributed by atoms with Gasteiger partial charge in [-0.1, -0.05) is 6.07 Å². The zero-order valence-corrected chi connectivity index (χ0v) is 11.9. The molecule has 1 unspecified atom stereocenters. The minimum absolute atomic E-state index is 0.292. The summed E-state index contributed by atoms with van der Waals surface area (Å²) in [7, 11) is 0. The summed E-state index contributed by atoms with van der Waals surface area (Å²) >= 11 is 1.76. The van der Waals surface area contributed by atoms with E-state index in [2.05, 4.69) is 53.4 Å². The summed E-state index contributed by atoms with van der Waals surface area (Å²) in [5.74, 6) is 0. The highest BCUT2D eigenvalue weighted by atomic mass is 32.1. The molecule has 0 radical (unpaired) electrons. The third kappa shape index (κ3) is 2.69. The van der Waals surface area contributed by atoms with E-state index in [9.17, 15) is 0 Å². The van der Waals surface area contributed by atoms with Crippen molar-refractivity contribution in [2.45, 2.75) is 26.4 Å². The molecule has 0 saturated heterocycles. The second-order valence-corrected chi connectivity index (χ2v) is 6.08. The predicted molar refractivity (Wildman–Crippen MR) is 80.4 cm³/mol. The Bertz CT molecular complexity index is 683. The van der Waals surface area contributed by atoms with Crippen molar-refractivity contribution in [2.24, 2.45) is 0 Å². The van der Waals surface area contributed by atoms with E-state index < -0.39 is 0 Å². The van der Waals surface area contributed by atoms with E-state index >= 15 is 0 Å². The predicted octanol–water partition coefficient (Wildman–Crippen LogP) is 3.78. The van der Waals surface area contributed by atoms with Crippen molar-refractivity contribution in [1.82, 2.24) is 15.3 Å². The van der Waals surface area contributed by atoms with Gasteiger partial charge < -0.3 is 10.3 Å². The molecule has 3 nitrogen and oxygen atoms in total. The highest BCUT2D eigenvalue weighted by Crippen LogP contribution is 2.20. The molecule has 1 aromatic carbocycles. The minimum atomic E-state index is 0.292. The number of aryl methyl sites for hydroxylation is 1. The molecule has 19 heavy (non-hydrogen) atoms. The van der Waals surface area contributed by atoms with Crippen molar-refractivity contribution >= 4 is 22.2 Å². The number of rotatable bonds is 4. The Morgan fingerprint density at radius 1 is 1.37 bits per heavy atom. The smallest absolute Gasteiger partial charge is 0.109 e. The summed E-state index contributed by atoms with van der Waals surface area (Å²) in [6, 6.07) is 8.90. The highest BCUT2D eigenvalue weighted by Gasteiger charge is 2.08. The van der Waals surface area contributed by atoms with Gasteiger partial charge in [0.1, 0.15) is 5.01 Å². The first-order chi connectivity index (χ1) is 9.22. The molecule has 3 aromatic rings. The number of hydrogen-bond donors (Lipinski definition) is 2. The van der Waals surface area contributed by atoms with Gasteiger partial charge in [-0.2, -0.15) is 0 Å². The number of H-pyrrole nitrogens is 1. The lowest BCUT2D eigenvalue weighted by Crippen LogP contribution is -2.17. The van der Waals surface area contributed by atoms with Crippen molar-refractivity contribution in [3.05, 3.63) is 52.1 Å². The Morgan fingerprint density at radius 2 is 2.26 bits per heavy atom. The van der Waals surface area contributed by atoms with Crippen LogP contribution in [0.15, 0.2) is 36.7 Å². The maximum Gasteiger partial charge on any atom is 0.109 e. The summed E-state index contributed by atoms with van der Waals surface area (Å²) in [5.41, 5.74) is 2.49. The number of thiazole rings is 1. The lowest BCUT2D eigenvalue weighted by Gasteiger charge is -2.11. The third-order valence-corrected chi connectivity index (χ3v) is 4.34. The van der Waals surface area contributed by atoms with Crippen LogP contribution in [0.25, 0.3) is 10.9 Å². The largest absolute Gasteiger partial charge is 0.361 e. The molecule has 0 bridgehead atoms. The lowest BCUT2D eigenvalue weighted by atomic mass is 10.1. The number of fused-ring (bicyclic) bond motifs is 1. The highest BCUT2D eigenvalue weighted by molar-refractivity contribution is 7.11. The number of nitrogens with one attached hydrogen (secondary N) is 2. The first kappa shape index (κ1) is 12.4. The van der Waals surface area contributed by atoms with Crippen molar-refractivity contribution in [1.29, 1.82) is 0 Å². The molecule has 1 atom stereocenters. The van der Waals surface area contributed by atoms with Crippen LogP contribution in [0.4, 0.5) is 0 Å². The van der Waals surface area contributed by atoms with E-state index in [1.54, 1.807) is 11.3 Å². The number of aromatic nitrogens is 2. The molecule has 0 spiro atoms. The topological polar surface area (TPSA) is 40.7 Å². The van der Waals surface area contributed by atoms with Crippen LogP contribution < -0.4 is 5.32 Å². The van der Waals surface area contributed by atoms with Gasteiger partial charge in [0.2, 0.25) is 0 Å². The van der Waals surface area contributed by atoms with Gasteiger partial charge >= 0.3 is 0 Å².